The number of imide groups is 1. The molecule has 0 aliphatic carbocycles. The Morgan fingerprint density at radius 3 is 2.31 bits per heavy atom. The van der Waals surface area contributed by atoms with Gasteiger partial charge in [-0.2, -0.15) is 0 Å². The number of unbranched alkanes of at least 4 members (excludes halogenated alkanes) is 1. The average molecular weight is 183 g/mol. The van der Waals surface area contributed by atoms with Crippen molar-refractivity contribution >= 4 is 11.8 Å². The molecule has 1 aliphatic rings. The molecule has 74 valence electrons. The molecule has 0 aromatic heterocycles. The van der Waals surface area contributed by atoms with Gasteiger partial charge in [0.05, 0.1) is 0 Å². The smallest absolute Gasteiger partial charge is 0.229 e. The number of amides is 2. The lowest BCUT2D eigenvalue weighted by Gasteiger charge is -2.21. The fourth-order valence-electron chi connectivity index (χ4n) is 1.71. The Morgan fingerprint density at radius 2 is 1.85 bits per heavy atom. The molecule has 0 spiro atoms. The second-order valence-electron chi connectivity index (χ2n) is 3.65. The summed E-state index contributed by atoms with van der Waals surface area (Å²) in [6.07, 6.45) is 3.96. The van der Waals surface area contributed by atoms with Gasteiger partial charge in [-0.25, -0.2) is 0 Å². The summed E-state index contributed by atoms with van der Waals surface area (Å²) < 4.78 is 0. The van der Waals surface area contributed by atoms with Gasteiger partial charge in [-0.15, -0.1) is 0 Å². The van der Waals surface area contributed by atoms with Gasteiger partial charge in [0.25, 0.3) is 0 Å². The number of carbonyl (C=O) groups excluding carboxylic acids is 2. The summed E-state index contributed by atoms with van der Waals surface area (Å²) in [5.41, 5.74) is 0. The number of carbonyl (C=O) groups is 2. The summed E-state index contributed by atoms with van der Waals surface area (Å²) >= 11 is 0. The molecule has 1 fully saturated rings. The third-order valence-corrected chi connectivity index (χ3v) is 2.51. The molecule has 3 heteroatoms. The van der Waals surface area contributed by atoms with Crippen LogP contribution in [-0.2, 0) is 9.59 Å². The summed E-state index contributed by atoms with van der Waals surface area (Å²) in [4.78, 5) is 24.0. The largest absolute Gasteiger partial charge is 0.280 e. The lowest BCUT2D eigenvalue weighted by molar-refractivity contribution is -0.140. The van der Waals surface area contributed by atoms with Crippen molar-refractivity contribution in [1.29, 1.82) is 0 Å². The summed E-state index contributed by atoms with van der Waals surface area (Å²) in [5.74, 6) is 0.0159. The van der Waals surface area contributed by atoms with E-state index in [-0.39, 0.29) is 17.9 Å². The van der Waals surface area contributed by atoms with Gasteiger partial charge in [0.2, 0.25) is 11.8 Å². The molecular formula is C10H17NO2. The van der Waals surface area contributed by atoms with Gasteiger partial charge in [-0.05, 0) is 13.3 Å². The van der Waals surface area contributed by atoms with Crippen LogP contribution in [0.4, 0.5) is 0 Å². The van der Waals surface area contributed by atoms with E-state index in [1.54, 1.807) is 0 Å². The average Bonchev–Trinajstić information content (AvgIpc) is 2.42. The minimum absolute atomic E-state index is 0.00797. The molecule has 0 bridgehead atoms. The van der Waals surface area contributed by atoms with Crippen LogP contribution in [-0.4, -0.2) is 22.8 Å². The number of hydrogen-bond donors (Lipinski definition) is 0. The van der Waals surface area contributed by atoms with E-state index in [2.05, 4.69) is 6.92 Å². The van der Waals surface area contributed by atoms with E-state index in [9.17, 15) is 9.59 Å². The van der Waals surface area contributed by atoms with Crippen molar-refractivity contribution < 1.29 is 9.59 Å². The lowest BCUT2D eigenvalue weighted by Crippen LogP contribution is -2.37. The van der Waals surface area contributed by atoms with Gasteiger partial charge in [0.15, 0.2) is 0 Å². The second-order valence-corrected chi connectivity index (χ2v) is 3.65. The highest BCUT2D eigenvalue weighted by Crippen LogP contribution is 2.18. The molecule has 1 saturated heterocycles. The van der Waals surface area contributed by atoms with E-state index < -0.39 is 0 Å². The topological polar surface area (TPSA) is 37.4 Å². The van der Waals surface area contributed by atoms with Crippen molar-refractivity contribution in [2.45, 2.75) is 52.0 Å². The summed E-state index contributed by atoms with van der Waals surface area (Å²) in [5, 5.41) is 0. The molecule has 3 nitrogen and oxygen atoms in total. The fraction of sp³-hybridized carbons (Fsp3) is 0.800. The van der Waals surface area contributed by atoms with Gasteiger partial charge in [-0.1, -0.05) is 19.8 Å². The molecule has 1 rings (SSSR count). The molecule has 1 aliphatic heterocycles. The predicted octanol–water partition coefficient (Wildman–Crippen LogP) is 1.71. The second kappa shape index (κ2) is 4.40. The Bertz CT molecular complexity index is 197. The maximum atomic E-state index is 11.3. The monoisotopic (exact) mass is 183 g/mol. The van der Waals surface area contributed by atoms with Crippen molar-refractivity contribution in [2.75, 3.05) is 0 Å². The first-order valence-corrected chi connectivity index (χ1v) is 5.01. The van der Waals surface area contributed by atoms with E-state index >= 15 is 0 Å². The number of likely N-dealkylation sites (tertiary alicyclic amines) is 1. The Labute approximate surface area is 79.1 Å². The van der Waals surface area contributed by atoms with Crippen LogP contribution in [0, 0.1) is 0 Å². The third-order valence-electron chi connectivity index (χ3n) is 2.51. The number of rotatable bonds is 4. The predicted molar refractivity (Wildman–Crippen MR) is 50.1 cm³/mol. The molecule has 0 N–H and O–H groups in total. The van der Waals surface area contributed by atoms with E-state index in [1.807, 2.05) is 6.92 Å². The van der Waals surface area contributed by atoms with Crippen LogP contribution < -0.4 is 0 Å². The summed E-state index contributed by atoms with van der Waals surface area (Å²) in [7, 11) is 0. The maximum absolute atomic E-state index is 11.3. The van der Waals surface area contributed by atoms with E-state index in [0.717, 1.165) is 19.3 Å². The Hall–Kier alpha value is -0.860. The molecule has 0 radical (unpaired) electrons. The molecule has 0 saturated carbocycles. The van der Waals surface area contributed by atoms with Crippen LogP contribution in [0.5, 0.6) is 0 Å². The first kappa shape index (κ1) is 10.2. The van der Waals surface area contributed by atoms with Crippen molar-refractivity contribution in [1.82, 2.24) is 4.90 Å². The minimum Gasteiger partial charge on any atom is -0.280 e. The third kappa shape index (κ3) is 2.29. The SMILES string of the molecule is CCCCC(C)N1C(=O)CCC1=O. The first-order valence-electron chi connectivity index (χ1n) is 5.01. The van der Waals surface area contributed by atoms with Gasteiger partial charge in [0, 0.05) is 18.9 Å². The molecule has 2 amide bonds. The number of hydrogen-bond acceptors (Lipinski definition) is 2. The highest BCUT2D eigenvalue weighted by Gasteiger charge is 2.32. The van der Waals surface area contributed by atoms with Crippen LogP contribution in [0.15, 0.2) is 0 Å². The normalized spacial score (nSPS) is 19.7. The van der Waals surface area contributed by atoms with Gasteiger partial charge < -0.3 is 0 Å². The summed E-state index contributed by atoms with van der Waals surface area (Å²) in [6, 6.07) is 0.0995. The standard InChI is InChI=1S/C10H17NO2/c1-3-4-5-8(2)11-9(12)6-7-10(11)13/h8H,3-7H2,1-2H3. The number of nitrogens with zero attached hydrogens (tertiary/aromatic N) is 1. The fourth-order valence-corrected chi connectivity index (χ4v) is 1.71. The van der Waals surface area contributed by atoms with Crippen LogP contribution in [0.2, 0.25) is 0 Å². The molecule has 0 aromatic carbocycles. The van der Waals surface area contributed by atoms with Gasteiger partial charge >= 0.3 is 0 Å². The van der Waals surface area contributed by atoms with Crippen LogP contribution in [0.25, 0.3) is 0 Å². The van der Waals surface area contributed by atoms with E-state index in [0.29, 0.717) is 12.8 Å². The zero-order chi connectivity index (χ0) is 9.84. The molecule has 0 aromatic rings. The Morgan fingerprint density at radius 1 is 1.31 bits per heavy atom. The van der Waals surface area contributed by atoms with E-state index in [4.69, 9.17) is 0 Å². The summed E-state index contributed by atoms with van der Waals surface area (Å²) in [6.45, 7) is 4.07. The lowest BCUT2D eigenvalue weighted by atomic mass is 10.1. The van der Waals surface area contributed by atoms with Crippen LogP contribution >= 0.6 is 0 Å². The van der Waals surface area contributed by atoms with Crippen LogP contribution in [0.3, 0.4) is 0 Å². The van der Waals surface area contributed by atoms with Crippen molar-refractivity contribution in [3.05, 3.63) is 0 Å². The van der Waals surface area contributed by atoms with Crippen molar-refractivity contribution in [2.24, 2.45) is 0 Å². The van der Waals surface area contributed by atoms with Crippen molar-refractivity contribution in [3.8, 4) is 0 Å². The maximum Gasteiger partial charge on any atom is 0.229 e. The Balaban J connectivity index is 2.49. The van der Waals surface area contributed by atoms with Gasteiger partial charge in [-0.3, -0.25) is 14.5 Å². The minimum atomic E-state index is 0.00797. The molecule has 1 heterocycles. The molecular weight excluding hydrogens is 166 g/mol. The zero-order valence-electron chi connectivity index (χ0n) is 8.38. The molecule has 13 heavy (non-hydrogen) atoms. The van der Waals surface area contributed by atoms with Gasteiger partial charge in [0.1, 0.15) is 0 Å². The zero-order valence-corrected chi connectivity index (χ0v) is 8.38. The quantitative estimate of drug-likeness (QED) is 0.622. The molecule has 1 atom stereocenters. The van der Waals surface area contributed by atoms with E-state index in [1.165, 1.54) is 4.90 Å². The first-order chi connectivity index (χ1) is 6.16. The highest BCUT2D eigenvalue weighted by atomic mass is 16.2. The van der Waals surface area contributed by atoms with Crippen molar-refractivity contribution in [3.63, 3.8) is 0 Å². The molecule has 1 unspecified atom stereocenters. The van der Waals surface area contributed by atoms with Crippen LogP contribution in [0.1, 0.15) is 46.0 Å². The Kier molecular flexibility index (Phi) is 3.46. The highest BCUT2D eigenvalue weighted by molar-refractivity contribution is 6.02.